The standard InChI is InChI=1S/C16H13NO2/c1-2-6-13(7-3-1)12-14-8-4-10-17-16(14)19-15-9-5-11-18-15/h1-11H,12H2. The summed E-state index contributed by atoms with van der Waals surface area (Å²) in [4.78, 5) is 4.27. The van der Waals surface area contributed by atoms with Gasteiger partial charge in [0.15, 0.2) is 0 Å². The molecule has 19 heavy (non-hydrogen) atoms. The van der Waals surface area contributed by atoms with Crippen LogP contribution in [-0.2, 0) is 6.42 Å². The zero-order chi connectivity index (χ0) is 12.9. The Hall–Kier alpha value is -2.55. The van der Waals surface area contributed by atoms with Crippen molar-refractivity contribution in [1.82, 2.24) is 4.98 Å². The Morgan fingerprint density at radius 3 is 2.63 bits per heavy atom. The van der Waals surface area contributed by atoms with Gasteiger partial charge in [0.2, 0.25) is 5.88 Å². The predicted molar refractivity (Wildman–Crippen MR) is 72.3 cm³/mol. The van der Waals surface area contributed by atoms with Gasteiger partial charge in [-0.3, -0.25) is 0 Å². The fraction of sp³-hybridized carbons (Fsp3) is 0.0625. The molecule has 0 bridgehead atoms. The van der Waals surface area contributed by atoms with Crippen LogP contribution < -0.4 is 4.74 Å². The number of hydrogen-bond donors (Lipinski definition) is 0. The van der Waals surface area contributed by atoms with Gasteiger partial charge in [-0.2, -0.15) is 0 Å². The molecule has 2 aromatic heterocycles. The fourth-order valence-corrected chi connectivity index (χ4v) is 1.88. The van der Waals surface area contributed by atoms with Crippen molar-refractivity contribution >= 4 is 0 Å². The van der Waals surface area contributed by atoms with Crippen LogP contribution in [-0.4, -0.2) is 4.98 Å². The van der Waals surface area contributed by atoms with E-state index in [1.807, 2.05) is 30.3 Å². The van der Waals surface area contributed by atoms with E-state index in [0.29, 0.717) is 11.8 Å². The summed E-state index contributed by atoms with van der Waals surface area (Å²) in [6, 6.07) is 17.7. The lowest BCUT2D eigenvalue weighted by Gasteiger charge is -2.07. The first-order chi connectivity index (χ1) is 9.42. The van der Waals surface area contributed by atoms with Gasteiger partial charge in [0.1, 0.15) is 0 Å². The van der Waals surface area contributed by atoms with E-state index >= 15 is 0 Å². The number of benzene rings is 1. The van der Waals surface area contributed by atoms with Crippen molar-refractivity contribution < 1.29 is 9.15 Å². The molecule has 3 rings (SSSR count). The van der Waals surface area contributed by atoms with Crippen LogP contribution in [0, 0.1) is 0 Å². The maximum Gasteiger partial charge on any atom is 0.291 e. The van der Waals surface area contributed by atoms with Crippen molar-refractivity contribution in [3.63, 3.8) is 0 Å². The average Bonchev–Trinajstić information content (AvgIpc) is 2.95. The van der Waals surface area contributed by atoms with Gasteiger partial charge in [0, 0.05) is 24.2 Å². The number of aromatic nitrogens is 1. The molecule has 3 aromatic rings. The molecule has 0 unspecified atom stereocenters. The van der Waals surface area contributed by atoms with Gasteiger partial charge in [0.25, 0.3) is 5.95 Å². The maximum absolute atomic E-state index is 5.64. The average molecular weight is 251 g/mol. The van der Waals surface area contributed by atoms with Crippen LogP contribution >= 0.6 is 0 Å². The highest BCUT2D eigenvalue weighted by Gasteiger charge is 2.08. The van der Waals surface area contributed by atoms with E-state index in [9.17, 15) is 0 Å². The Morgan fingerprint density at radius 2 is 1.84 bits per heavy atom. The number of pyridine rings is 1. The molecule has 0 aliphatic heterocycles. The fourth-order valence-electron chi connectivity index (χ4n) is 1.88. The van der Waals surface area contributed by atoms with Crippen molar-refractivity contribution in [3.8, 4) is 11.8 Å². The molecule has 1 aromatic carbocycles. The second kappa shape index (κ2) is 5.40. The van der Waals surface area contributed by atoms with Crippen LogP contribution in [0.5, 0.6) is 11.8 Å². The Balaban J connectivity index is 1.85. The summed E-state index contributed by atoms with van der Waals surface area (Å²) < 4.78 is 10.8. The molecule has 0 saturated carbocycles. The molecule has 0 N–H and O–H groups in total. The maximum atomic E-state index is 5.64. The summed E-state index contributed by atoms with van der Waals surface area (Å²) in [7, 11) is 0. The van der Waals surface area contributed by atoms with Gasteiger partial charge < -0.3 is 9.15 Å². The highest BCUT2D eigenvalue weighted by Crippen LogP contribution is 2.24. The van der Waals surface area contributed by atoms with Crippen molar-refractivity contribution in [2.24, 2.45) is 0 Å². The predicted octanol–water partition coefficient (Wildman–Crippen LogP) is 4.06. The Morgan fingerprint density at radius 1 is 0.947 bits per heavy atom. The van der Waals surface area contributed by atoms with Crippen molar-refractivity contribution in [1.29, 1.82) is 0 Å². The molecular weight excluding hydrogens is 238 g/mol. The van der Waals surface area contributed by atoms with Crippen molar-refractivity contribution in [2.45, 2.75) is 6.42 Å². The van der Waals surface area contributed by atoms with E-state index in [4.69, 9.17) is 9.15 Å². The number of furan rings is 1. The normalized spacial score (nSPS) is 10.3. The van der Waals surface area contributed by atoms with Gasteiger partial charge in [-0.05, 0) is 17.7 Å². The Kier molecular flexibility index (Phi) is 3.28. The number of rotatable bonds is 4. The lowest BCUT2D eigenvalue weighted by Crippen LogP contribution is -1.95. The summed E-state index contributed by atoms with van der Waals surface area (Å²) in [6.07, 6.45) is 4.08. The number of hydrogen-bond acceptors (Lipinski definition) is 3. The first-order valence-electron chi connectivity index (χ1n) is 6.11. The molecule has 0 amide bonds. The van der Waals surface area contributed by atoms with Crippen molar-refractivity contribution in [3.05, 3.63) is 78.2 Å². The van der Waals surface area contributed by atoms with Gasteiger partial charge in [-0.1, -0.05) is 36.4 Å². The summed E-state index contributed by atoms with van der Waals surface area (Å²) in [5.41, 5.74) is 2.25. The van der Waals surface area contributed by atoms with Crippen LogP contribution in [0.15, 0.2) is 71.5 Å². The van der Waals surface area contributed by atoms with Gasteiger partial charge in [0.05, 0.1) is 6.26 Å². The molecule has 94 valence electrons. The van der Waals surface area contributed by atoms with Crippen LogP contribution in [0.25, 0.3) is 0 Å². The zero-order valence-corrected chi connectivity index (χ0v) is 10.3. The molecule has 3 heteroatoms. The third-order valence-corrected chi connectivity index (χ3v) is 2.78. The Bertz CT molecular complexity index is 633. The summed E-state index contributed by atoms with van der Waals surface area (Å²) >= 11 is 0. The molecule has 0 aliphatic carbocycles. The highest BCUT2D eigenvalue weighted by molar-refractivity contribution is 5.33. The minimum atomic E-state index is 0.452. The van der Waals surface area contributed by atoms with E-state index in [1.165, 1.54) is 5.56 Å². The summed E-state index contributed by atoms with van der Waals surface area (Å²) in [6.45, 7) is 0. The second-order valence-corrected chi connectivity index (χ2v) is 4.16. The van der Waals surface area contributed by atoms with Gasteiger partial charge in [-0.25, -0.2) is 4.98 Å². The van der Waals surface area contributed by atoms with E-state index in [2.05, 4.69) is 17.1 Å². The third kappa shape index (κ3) is 2.83. The summed E-state index contributed by atoms with van der Waals surface area (Å²) in [5.74, 6) is 1.04. The minimum Gasteiger partial charge on any atom is -0.434 e. The van der Waals surface area contributed by atoms with Crippen LogP contribution in [0.1, 0.15) is 11.1 Å². The molecule has 0 atom stereocenters. The summed E-state index contributed by atoms with van der Waals surface area (Å²) in [5, 5.41) is 0. The van der Waals surface area contributed by atoms with E-state index in [0.717, 1.165) is 12.0 Å². The monoisotopic (exact) mass is 251 g/mol. The van der Waals surface area contributed by atoms with Gasteiger partial charge in [-0.15, -0.1) is 0 Å². The van der Waals surface area contributed by atoms with Crippen LogP contribution in [0.3, 0.4) is 0 Å². The van der Waals surface area contributed by atoms with E-state index < -0.39 is 0 Å². The molecule has 0 spiro atoms. The largest absolute Gasteiger partial charge is 0.434 e. The molecule has 2 heterocycles. The lowest BCUT2D eigenvalue weighted by atomic mass is 10.1. The molecule has 0 fully saturated rings. The smallest absolute Gasteiger partial charge is 0.291 e. The third-order valence-electron chi connectivity index (χ3n) is 2.78. The molecule has 0 aliphatic rings. The van der Waals surface area contributed by atoms with E-state index in [-0.39, 0.29) is 0 Å². The second-order valence-electron chi connectivity index (χ2n) is 4.16. The molecular formula is C16H13NO2. The molecule has 3 nitrogen and oxygen atoms in total. The highest BCUT2D eigenvalue weighted by atomic mass is 16.6. The Labute approximate surface area is 111 Å². The van der Waals surface area contributed by atoms with E-state index in [1.54, 1.807) is 24.6 Å². The first-order valence-corrected chi connectivity index (χ1v) is 6.11. The van der Waals surface area contributed by atoms with Crippen molar-refractivity contribution in [2.75, 3.05) is 0 Å². The molecule has 0 radical (unpaired) electrons. The molecule has 0 saturated heterocycles. The van der Waals surface area contributed by atoms with Gasteiger partial charge >= 0.3 is 0 Å². The quantitative estimate of drug-likeness (QED) is 0.701. The van der Waals surface area contributed by atoms with Crippen LogP contribution in [0.4, 0.5) is 0 Å². The SMILES string of the molecule is c1ccc(Cc2cccnc2Oc2ccco2)cc1. The number of nitrogens with zero attached hydrogens (tertiary/aromatic N) is 1. The van der Waals surface area contributed by atoms with Crippen LogP contribution in [0.2, 0.25) is 0 Å². The number of ether oxygens (including phenoxy) is 1. The topological polar surface area (TPSA) is 35.3 Å². The lowest BCUT2D eigenvalue weighted by molar-refractivity contribution is 0.335. The minimum absolute atomic E-state index is 0.452. The zero-order valence-electron chi connectivity index (χ0n) is 10.3. The first kappa shape index (κ1) is 11.5.